The van der Waals surface area contributed by atoms with E-state index in [2.05, 4.69) is 15.5 Å². The summed E-state index contributed by atoms with van der Waals surface area (Å²) < 4.78 is 3.17. The van der Waals surface area contributed by atoms with Crippen molar-refractivity contribution in [2.24, 2.45) is 14.1 Å². The summed E-state index contributed by atoms with van der Waals surface area (Å²) in [6.07, 6.45) is 3.55. The molecule has 2 aromatic heterocycles. The molecule has 0 atom stereocenters. The number of halogens is 1. The van der Waals surface area contributed by atoms with Gasteiger partial charge in [0.2, 0.25) is 0 Å². The Bertz CT molecular complexity index is 586. The smallest absolute Gasteiger partial charge is 0.271 e. The first kappa shape index (κ1) is 12.6. The molecular formula is C11H14ClN5O. The van der Waals surface area contributed by atoms with E-state index >= 15 is 0 Å². The highest BCUT2D eigenvalue weighted by Crippen LogP contribution is 2.19. The molecule has 1 N–H and O–H groups in total. The Kier molecular flexibility index (Phi) is 3.38. The highest BCUT2D eigenvalue weighted by molar-refractivity contribution is 6.34. The molecule has 0 unspecified atom stereocenters. The van der Waals surface area contributed by atoms with Gasteiger partial charge in [0, 0.05) is 32.4 Å². The van der Waals surface area contributed by atoms with Gasteiger partial charge in [-0.3, -0.25) is 14.2 Å². The van der Waals surface area contributed by atoms with E-state index in [1.54, 1.807) is 24.9 Å². The number of amides is 1. The number of carbonyl (C=O) groups excluding carboxylic acids is 1. The molecule has 7 heteroatoms. The van der Waals surface area contributed by atoms with Gasteiger partial charge in [0.15, 0.2) is 0 Å². The van der Waals surface area contributed by atoms with Crippen molar-refractivity contribution in [1.82, 2.24) is 24.9 Å². The summed E-state index contributed by atoms with van der Waals surface area (Å²) in [6.45, 7) is 2.17. The molecule has 18 heavy (non-hydrogen) atoms. The lowest BCUT2D eigenvalue weighted by atomic mass is 10.3. The number of hydrogen-bond acceptors (Lipinski definition) is 3. The van der Waals surface area contributed by atoms with Crippen molar-refractivity contribution < 1.29 is 4.79 Å². The van der Waals surface area contributed by atoms with Crippen LogP contribution in [-0.4, -0.2) is 25.5 Å². The summed E-state index contributed by atoms with van der Waals surface area (Å²) >= 11 is 6.03. The molecule has 0 aromatic carbocycles. The van der Waals surface area contributed by atoms with E-state index < -0.39 is 0 Å². The number of carbonyl (C=O) groups is 1. The third-order valence-electron chi connectivity index (χ3n) is 2.58. The van der Waals surface area contributed by atoms with Crippen LogP contribution in [0.3, 0.4) is 0 Å². The van der Waals surface area contributed by atoms with Crippen LogP contribution in [0.4, 0.5) is 0 Å². The second-order valence-electron chi connectivity index (χ2n) is 4.08. The van der Waals surface area contributed by atoms with Gasteiger partial charge in [-0.1, -0.05) is 11.6 Å². The first-order chi connectivity index (χ1) is 8.49. The van der Waals surface area contributed by atoms with Gasteiger partial charge in [0.05, 0.1) is 16.9 Å². The minimum atomic E-state index is -0.244. The molecule has 0 aliphatic heterocycles. The Morgan fingerprint density at radius 1 is 1.50 bits per heavy atom. The molecule has 0 radical (unpaired) electrons. The standard InChI is InChI=1S/C11H14ClN5O/c1-7-9(12)10(17(3)15-7)11(18)13-4-8-5-14-16(2)6-8/h5-6H,4H2,1-3H3,(H,13,18). The summed E-state index contributed by atoms with van der Waals surface area (Å²) in [5.41, 5.74) is 1.95. The molecule has 2 aromatic rings. The molecular weight excluding hydrogens is 254 g/mol. The van der Waals surface area contributed by atoms with Gasteiger partial charge >= 0.3 is 0 Å². The van der Waals surface area contributed by atoms with Crippen LogP contribution >= 0.6 is 11.6 Å². The van der Waals surface area contributed by atoms with Crippen molar-refractivity contribution in [3.05, 3.63) is 34.4 Å². The van der Waals surface area contributed by atoms with Crippen LogP contribution < -0.4 is 5.32 Å². The maximum Gasteiger partial charge on any atom is 0.271 e. The molecule has 0 spiro atoms. The molecule has 1 amide bonds. The summed E-state index contributed by atoms with van der Waals surface area (Å²) in [6, 6.07) is 0. The van der Waals surface area contributed by atoms with Crippen molar-refractivity contribution in [2.45, 2.75) is 13.5 Å². The molecule has 6 nitrogen and oxygen atoms in total. The minimum absolute atomic E-state index is 0.244. The number of aromatic nitrogens is 4. The molecule has 0 saturated carbocycles. The van der Waals surface area contributed by atoms with E-state index in [4.69, 9.17) is 11.6 Å². The third kappa shape index (κ3) is 2.38. The van der Waals surface area contributed by atoms with Crippen LogP contribution in [0.1, 0.15) is 21.7 Å². The fourth-order valence-electron chi connectivity index (χ4n) is 1.71. The second kappa shape index (κ2) is 4.81. The molecule has 0 fully saturated rings. The number of rotatable bonds is 3. The zero-order valence-corrected chi connectivity index (χ0v) is 11.2. The number of nitrogens with one attached hydrogen (secondary N) is 1. The van der Waals surface area contributed by atoms with Crippen LogP contribution in [0.5, 0.6) is 0 Å². The lowest BCUT2D eigenvalue weighted by Gasteiger charge is -2.04. The molecule has 2 heterocycles. The Hall–Kier alpha value is -1.82. The summed E-state index contributed by atoms with van der Waals surface area (Å²) in [7, 11) is 3.52. The SMILES string of the molecule is Cc1nn(C)c(C(=O)NCc2cnn(C)c2)c1Cl. The van der Waals surface area contributed by atoms with Gasteiger partial charge in [0.1, 0.15) is 5.69 Å². The minimum Gasteiger partial charge on any atom is -0.346 e. The van der Waals surface area contributed by atoms with Gasteiger partial charge in [-0.15, -0.1) is 0 Å². The van der Waals surface area contributed by atoms with E-state index in [0.29, 0.717) is 23.0 Å². The number of nitrogens with zero attached hydrogens (tertiary/aromatic N) is 4. The highest BCUT2D eigenvalue weighted by Gasteiger charge is 2.18. The molecule has 0 saturated heterocycles. The van der Waals surface area contributed by atoms with Crippen molar-refractivity contribution >= 4 is 17.5 Å². The Labute approximate surface area is 110 Å². The zero-order valence-electron chi connectivity index (χ0n) is 10.4. The quantitative estimate of drug-likeness (QED) is 0.904. The van der Waals surface area contributed by atoms with Crippen molar-refractivity contribution in [3.8, 4) is 0 Å². The largest absolute Gasteiger partial charge is 0.346 e. The fraction of sp³-hybridized carbons (Fsp3) is 0.364. The van der Waals surface area contributed by atoms with Gasteiger partial charge in [-0.25, -0.2) is 0 Å². The lowest BCUT2D eigenvalue weighted by molar-refractivity contribution is 0.0941. The van der Waals surface area contributed by atoms with E-state index in [0.717, 1.165) is 5.56 Å². The predicted octanol–water partition coefficient (Wildman–Crippen LogP) is 1.05. The summed E-state index contributed by atoms with van der Waals surface area (Å²) in [4.78, 5) is 12.0. The summed E-state index contributed by atoms with van der Waals surface area (Å²) in [5, 5.41) is 11.3. The maximum atomic E-state index is 12.0. The van der Waals surface area contributed by atoms with E-state index in [1.807, 2.05) is 13.2 Å². The summed E-state index contributed by atoms with van der Waals surface area (Å²) in [5.74, 6) is -0.244. The highest BCUT2D eigenvalue weighted by atomic mass is 35.5. The lowest BCUT2D eigenvalue weighted by Crippen LogP contribution is -2.25. The van der Waals surface area contributed by atoms with Crippen molar-refractivity contribution in [2.75, 3.05) is 0 Å². The van der Waals surface area contributed by atoms with E-state index in [-0.39, 0.29) is 5.91 Å². The van der Waals surface area contributed by atoms with Crippen LogP contribution in [0, 0.1) is 6.92 Å². The van der Waals surface area contributed by atoms with Crippen LogP contribution in [-0.2, 0) is 20.6 Å². The van der Waals surface area contributed by atoms with Gasteiger partial charge in [-0.05, 0) is 6.92 Å². The van der Waals surface area contributed by atoms with E-state index in [1.165, 1.54) is 4.68 Å². The van der Waals surface area contributed by atoms with Crippen LogP contribution in [0.15, 0.2) is 12.4 Å². The van der Waals surface area contributed by atoms with Gasteiger partial charge in [0.25, 0.3) is 5.91 Å². The Balaban J connectivity index is 2.08. The van der Waals surface area contributed by atoms with E-state index in [9.17, 15) is 4.79 Å². The third-order valence-corrected chi connectivity index (χ3v) is 3.03. The fourth-order valence-corrected chi connectivity index (χ4v) is 1.95. The normalized spacial score (nSPS) is 10.7. The molecule has 0 bridgehead atoms. The van der Waals surface area contributed by atoms with Crippen molar-refractivity contribution in [1.29, 1.82) is 0 Å². The topological polar surface area (TPSA) is 64.7 Å². The van der Waals surface area contributed by atoms with Crippen molar-refractivity contribution in [3.63, 3.8) is 0 Å². The Morgan fingerprint density at radius 2 is 2.22 bits per heavy atom. The first-order valence-corrected chi connectivity index (χ1v) is 5.81. The molecule has 0 aliphatic rings. The average Bonchev–Trinajstić information content (AvgIpc) is 2.82. The predicted molar refractivity (Wildman–Crippen MR) is 67.3 cm³/mol. The van der Waals surface area contributed by atoms with Crippen LogP contribution in [0.25, 0.3) is 0 Å². The van der Waals surface area contributed by atoms with Gasteiger partial charge < -0.3 is 5.32 Å². The monoisotopic (exact) mass is 267 g/mol. The number of hydrogen-bond donors (Lipinski definition) is 1. The average molecular weight is 268 g/mol. The molecule has 0 aliphatic carbocycles. The zero-order chi connectivity index (χ0) is 13.3. The molecule has 96 valence electrons. The number of aryl methyl sites for hydroxylation is 3. The Morgan fingerprint density at radius 3 is 2.72 bits per heavy atom. The second-order valence-corrected chi connectivity index (χ2v) is 4.45. The van der Waals surface area contributed by atoms with Crippen LogP contribution in [0.2, 0.25) is 5.02 Å². The maximum absolute atomic E-state index is 12.0. The molecule has 2 rings (SSSR count). The van der Waals surface area contributed by atoms with Gasteiger partial charge in [-0.2, -0.15) is 10.2 Å². The first-order valence-electron chi connectivity index (χ1n) is 5.44.